The Morgan fingerprint density at radius 2 is 1.84 bits per heavy atom. The number of rotatable bonds is 16. The number of hydrogen-bond acceptors (Lipinski definition) is 4. The van der Waals surface area contributed by atoms with Gasteiger partial charge in [0.15, 0.2) is 8.32 Å². The van der Waals surface area contributed by atoms with Gasteiger partial charge < -0.3 is 18.6 Å². The number of methoxy groups -OCH3 is 1. The maximum absolute atomic E-state index is 6.49. The van der Waals surface area contributed by atoms with Crippen LogP contribution in [-0.2, 0) is 25.2 Å². The highest BCUT2D eigenvalue weighted by molar-refractivity contribution is 6.74. The van der Waals surface area contributed by atoms with Gasteiger partial charge in [-0.25, -0.2) is 0 Å². The van der Waals surface area contributed by atoms with Crippen molar-refractivity contribution >= 4 is 8.32 Å². The Hall–Kier alpha value is -1.24. The minimum Gasteiger partial charge on any atom is -0.417 e. The third-order valence-corrected chi connectivity index (χ3v) is 12.8. The molecular weight excluding hydrogens is 476 g/mol. The van der Waals surface area contributed by atoms with Gasteiger partial charge >= 0.3 is 0 Å². The second-order valence-corrected chi connectivity index (χ2v) is 17.7. The normalized spacial score (nSPS) is 20.7. The van der Waals surface area contributed by atoms with Crippen molar-refractivity contribution in [1.29, 1.82) is 0 Å². The van der Waals surface area contributed by atoms with Gasteiger partial charge in [-0.15, -0.1) is 0 Å². The first-order valence-electron chi connectivity index (χ1n) is 14.1. The zero-order valence-corrected chi connectivity index (χ0v) is 26.2. The van der Waals surface area contributed by atoms with Crippen LogP contribution in [0.5, 0.6) is 0 Å². The SMILES string of the molecule is COCOC(C/C(C)=C\C[C@]1(C)CCC=C1COCc1ccccc1)C[C@@H](C)CO[Si](C)(C)C(C)(C)C. The van der Waals surface area contributed by atoms with Crippen molar-refractivity contribution in [2.75, 3.05) is 27.1 Å². The minimum absolute atomic E-state index is 0.134. The number of allylic oxidation sites excluding steroid dienone is 2. The van der Waals surface area contributed by atoms with E-state index in [2.05, 4.69) is 91.1 Å². The van der Waals surface area contributed by atoms with Gasteiger partial charge in [0.05, 0.1) is 19.3 Å². The first-order valence-corrected chi connectivity index (χ1v) is 17.0. The molecule has 0 fully saturated rings. The highest BCUT2D eigenvalue weighted by Gasteiger charge is 2.37. The molecule has 1 aromatic carbocycles. The fourth-order valence-electron chi connectivity index (χ4n) is 4.59. The quantitative estimate of drug-likeness (QED) is 0.122. The molecule has 0 bridgehead atoms. The Bertz CT molecular complexity index is 855. The van der Waals surface area contributed by atoms with Crippen LogP contribution in [0.25, 0.3) is 0 Å². The molecule has 0 radical (unpaired) electrons. The maximum Gasteiger partial charge on any atom is 0.191 e. The van der Waals surface area contributed by atoms with Crippen molar-refractivity contribution in [3.63, 3.8) is 0 Å². The van der Waals surface area contributed by atoms with Crippen molar-refractivity contribution in [3.8, 4) is 0 Å². The Labute approximate surface area is 228 Å². The van der Waals surface area contributed by atoms with Gasteiger partial charge in [-0.05, 0) is 79.6 Å². The fraction of sp³-hybridized carbons (Fsp3) is 0.688. The van der Waals surface area contributed by atoms with Crippen molar-refractivity contribution in [1.82, 2.24) is 0 Å². The minimum atomic E-state index is -1.74. The molecule has 0 saturated carbocycles. The second kappa shape index (κ2) is 14.8. The summed E-state index contributed by atoms with van der Waals surface area (Å²) in [6.07, 6.45) is 10.2. The lowest BCUT2D eigenvalue weighted by atomic mass is 9.79. The van der Waals surface area contributed by atoms with Crippen LogP contribution in [0.1, 0.15) is 79.2 Å². The van der Waals surface area contributed by atoms with E-state index in [1.807, 2.05) is 6.07 Å². The molecule has 1 unspecified atom stereocenters. The third kappa shape index (κ3) is 10.8. The summed E-state index contributed by atoms with van der Waals surface area (Å²) in [7, 11) is -0.0477. The Balaban J connectivity index is 1.89. The molecule has 1 aliphatic carbocycles. The van der Waals surface area contributed by atoms with Crippen molar-refractivity contribution < 1.29 is 18.6 Å². The Morgan fingerprint density at radius 3 is 2.49 bits per heavy atom. The zero-order valence-electron chi connectivity index (χ0n) is 25.2. The lowest BCUT2D eigenvalue weighted by Gasteiger charge is -2.37. The molecule has 1 aliphatic rings. The van der Waals surface area contributed by atoms with Gasteiger partial charge in [-0.1, -0.05) is 82.7 Å². The predicted molar refractivity (Wildman–Crippen MR) is 158 cm³/mol. The van der Waals surface area contributed by atoms with E-state index in [1.165, 1.54) is 23.1 Å². The summed E-state index contributed by atoms with van der Waals surface area (Å²) in [5, 5.41) is 0.230. The van der Waals surface area contributed by atoms with Crippen LogP contribution in [0.2, 0.25) is 18.1 Å². The van der Waals surface area contributed by atoms with E-state index in [0.29, 0.717) is 25.9 Å². The van der Waals surface area contributed by atoms with E-state index in [-0.39, 0.29) is 16.6 Å². The number of ether oxygens (including phenoxy) is 3. The van der Waals surface area contributed by atoms with E-state index in [9.17, 15) is 0 Å². The molecule has 210 valence electrons. The monoisotopic (exact) mass is 530 g/mol. The van der Waals surface area contributed by atoms with Crippen LogP contribution in [-0.4, -0.2) is 41.5 Å². The molecule has 0 saturated heterocycles. The molecule has 1 aromatic rings. The summed E-state index contributed by atoms with van der Waals surface area (Å²) in [5.41, 5.74) is 4.22. The van der Waals surface area contributed by atoms with E-state index in [0.717, 1.165) is 32.3 Å². The van der Waals surface area contributed by atoms with Gasteiger partial charge in [-0.3, -0.25) is 0 Å². The van der Waals surface area contributed by atoms with Crippen LogP contribution in [0, 0.1) is 11.3 Å². The number of benzene rings is 1. The summed E-state index contributed by atoms with van der Waals surface area (Å²) in [4.78, 5) is 0. The Kier molecular flexibility index (Phi) is 12.8. The van der Waals surface area contributed by atoms with Gasteiger partial charge in [0, 0.05) is 13.7 Å². The van der Waals surface area contributed by atoms with Gasteiger partial charge in [0.2, 0.25) is 0 Å². The Morgan fingerprint density at radius 1 is 1.14 bits per heavy atom. The van der Waals surface area contributed by atoms with Gasteiger partial charge in [0.25, 0.3) is 0 Å². The van der Waals surface area contributed by atoms with E-state index in [4.69, 9.17) is 18.6 Å². The van der Waals surface area contributed by atoms with Gasteiger partial charge in [0.1, 0.15) is 6.79 Å². The van der Waals surface area contributed by atoms with Crippen LogP contribution in [0.3, 0.4) is 0 Å². The third-order valence-electron chi connectivity index (χ3n) is 8.30. The second-order valence-electron chi connectivity index (χ2n) is 12.9. The lowest BCUT2D eigenvalue weighted by molar-refractivity contribution is -0.0787. The van der Waals surface area contributed by atoms with Crippen LogP contribution < -0.4 is 0 Å². The summed E-state index contributed by atoms with van der Waals surface area (Å²) in [5.74, 6) is 0.437. The van der Waals surface area contributed by atoms with Crippen LogP contribution >= 0.6 is 0 Å². The summed E-state index contributed by atoms with van der Waals surface area (Å²) >= 11 is 0. The van der Waals surface area contributed by atoms with Crippen molar-refractivity contribution in [2.45, 2.75) is 104 Å². The molecule has 37 heavy (non-hydrogen) atoms. The fourth-order valence-corrected chi connectivity index (χ4v) is 5.73. The van der Waals surface area contributed by atoms with Crippen molar-refractivity contribution in [2.24, 2.45) is 11.3 Å². The molecule has 0 spiro atoms. The first-order chi connectivity index (χ1) is 17.4. The van der Waals surface area contributed by atoms with E-state index < -0.39 is 8.32 Å². The standard InChI is InChI=1S/C32H54O4Si/c1-26(20-30(35-25-33-7)21-27(2)22-36-37(8,9)31(3,4)5)17-19-32(6)18-13-16-29(32)24-34-23-28-14-11-10-12-15-28/h10-12,14-17,27,30H,13,18-25H2,1-9H3/b26-17-/t27-,30?,32+/m1/s1. The van der Waals surface area contributed by atoms with E-state index >= 15 is 0 Å². The molecule has 0 amide bonds. The maximum atomic E-state index is 6.49. The zero-order chi connectivity index (χ0) is 27.5. The number of hydrogen-bond donors (Lipinski definition) is 0. The molecule has 0 N–H and O–H groups in total. The summed E-state index contributed by atoms with van der Waals surface area (Å²) in [6, 6.07) is 10.4. The predicted octanol–water partition coefficient (Wildman–Crippen LogP) is 8.69. The van der Waals surface area contributed by atoms with E-state index in [1.54, 1.807) is 7.11 Å². The first kappa shape index (κ1) is 32.0. The molecule has 4 nitrogen and oxygen atoms in total. The average Bonchev–Trinajstić information content (AvgIpc) is 3.20. The van der Waals surface area contributed by atoms with Crippen LogP contribution in [0.4, 0.5) is 0 Å². The molecule has 5 heteroatoms. The van der Waals surface area contributed by atoms with Crippen LogP contribution in [0.15, 0.2) is 53.6 Å². The molecule has 2 rings (SSSR count). The topological polar surface area (TPSA) is 36.9 Å². The highest BCUT2D eigenvalue weighted by Crippen LogP contribution is 2.42. The molecule has 0 heterocycles. The highest BCUT2D eigenvalue weighted by atomic mass is 28.4. The van der Waals surface area contributed by atoms with Gasteiger partial charge in [-0.2, -0.15) is 0 Å². The molecule has 3 atom stereocenters. The summed E-state index contributed by atoms with van der Waals surface area (Å²) < 4.78 is 23.9. The van der Waals surface area contributed by atoms with Crippen molar-refractivity contribution in [3.05, 3.63) is 59.2 Å². The average molecular weight is 531 g/mol. The smallest absolute Gasteiger partial charge is 0.191 e. The molecular formula is C32H54O4Si. The summed E-state index contributed by atoms with van der Waals surface area (Å²) in [6.45, 7) is 20.9. The molecule has 0 aromatic heterocycles. The molecule has 0 aliphatic heterocycles. The lowest BCUT2D eigenvalue weighted by Crippen LogP contribution is -2.42. The largest absolute Gasteiger partial charge is 0.417 e.